The van der Waals surface area contributed by atoms with Gasteiger partial charge in [-0.2, -0.15) is 0 Å². The molecular weight excluding hydrogens is 280 g/mol. The summed E-state index contributed by atoms with van der Waals surface area (Å²) in [4.78, 5) is -0.716. The van der Waals surface area contributed by atoms with Gasteiger partial charge in [-0.25, -0.2) is 0 Å². The molecule has 0 atom stereocenters. The van der Waals surface area contributed by atoms with Crippen molar-refractivity contribution in [3.63, 3.8) is 0 Å². The second-order valence-corrected chi connectivity index (χ2v) is 5.69. The van der Waals surface area contributed by atoms with E-state index in [9.17, 15) is 0 Å². The van der Waals surface area contributed by atoms with Crippen LogP contribution in [0.25, 0.3) is 0 Å². The van der Waals surface area contributed by atoms with E-state index in [2.05, 4.69) is 12.1 Å². The van der Waals surface area contributed by atoms with Crippen LogP contribution in [0.1, 0.15) is 16.7 Å². The van der Waals surface area contributed by atoms with E-state index in [0.29, 0.717) is 0 Å². The summed E-state index contributed by atoms with van der Waals surface area (Å²) < 4.78 is 6.01. The van der Waals surface area contributed by atoms with Crippen LogP contribution in [-0.2, 0) is 4.87 Å². The summed E-state index contributed by atoms with van der Waals surface area (Å²) in [5.74, 6) is 1.63. The molecule has 2 heteroatoms. The van der Waals surface area contributed by atoms with E-state index in [1.54, 1.807) is 0 Å². The number of fused-ring (bicyclic) bond motifs is 2. The van der Waals surface area contributed by atoms with Crippen molar-refractivity contribution in [2.75, 3.05) is 0 Å². The first-order valence-corrected chi connectivity index (χ1v) is 7.29. The molecule has 0 fully saturated rings. The fourth-order valence-electron chi connectivity index (χ4n) is 2.92. The first kappa shape index (κ1) is 12.5. The maximum atomic E-state index is 7.18. The van der Waals surface area contributed by atoms with Gasteiger partial charge in [-0.05, 0) is 17.7 Å². The Bertz CT molecular complexity index is 750. The Kier molecular flexibility index (Phi) is 2.76. The fraction of sp³-hybridized carbons (Fsp3) is 0.0526. The molecule has 0 aliphatic carbocycles. The predicted molar refractivity (Wildman–Crippen MR) is 85.1 cm³/mol. The second kappa shape index (κ2) is 4.64. The predicted octanol–water partition coefficient (Wildman–Crippen LogP) is 5.32. The normalized spacial score (nSPS) is 14.7. The van der Waals surface area contributed by atoms with Gasteiger partial charge in [-0.15, -0.1) is 11.6 Å². The van der Waals surface area contributed by atoms with Gasteiger partial charge in [0.1, 0.15) is 16.4 Å². The lowest BCUT2D eigenvalue weighted by atomic mass is 9.82. The number of hydrogen-bond donors (Lipinski definition) is 0. The third kappa shape index (κ3) is 1.78. The Hall–Kier alpha value is -2.25. The minimum atomic E-state index is -0.716. The lowest BCUT2D eigenvalue weighted by Gasteiger charge is -2.35. The van der Waals surface area contributed by atoms with Gasteiger partial charge in [-0.1, -0.05) is 66.7 Å². The number of halogens is 1. The standard InChI is InChI=1S/C19H13ClO/c20-19(14-8-2-1-3-9-14)15-10-4-6-12-17(15)21-18-13-7-5-11-16(18)19/h1-13H. The number of para-hydroxylation sites is 2. The van der Waals surface area contributed by atoms with Crippen LogP contribution in [0.4, 0.5) is 0 Å². The van der Waals surface area contributed by atoms with Gasteiger partial charge in [-0.3, -0.25) is 0 Å². The van der Waals surface area contributed by atoms with Gasteiger partial charge in [0.25, 0.3) is 0 Å². The summed E-state index contributed by atoms with van der Waals surface area (Å²) in [5.41, 5.74) is 3.02. The lowest BCUT2D eigenvalue weighted by Crippen LogP contribution is -2.26. The van der Waals surface area contributed by atoms with Crippen LogP contribution < -0.4 is 4.74 Å². The molecule has 0 spiro atoms. The van der Waals surface area contributed by atoms with Crippen molar-refractivity contribution in [3.8, 4) is 11.5 Å². The maximum absolute atomic E-state index is 7.18. The molecule has 1 aliphatic heterocycles. The van der Waals surface area contributed by atoms with Crippen LogP contribution in [0.3, 0.4) is 0 Å². The van der Waals surface area contributed by atoms with Crippen LogP contribution >= 0.6 is 11.6 Å². The largest absolute Gasteiger partial charge is 0.457 e. The Labute approximate surface area is 128 Å². The zero-order valence-electron chi connectivity index (χ0n) is 11.3. The van der Waals surface area contributed by atoms with Gasteiger partial charge in [0.2, 0.25) is 0 Å². The lowest BCUT2D eigenvalue weighted by molar-refractivity contribution is 0.446. The molecule has 1 heterocycles. The highest BCUT2D eigenvalue weighted by Gasteiger charge is 2.41. The highest BCUT2D eigenvalue weighted by Crippen LogP contribution is 2.53. The summed E-state index contributed by atoms with van der Waals surface area (Å²) in [6, 6.07) is 26.1. The number of rotatable bonds is 1. The number of hydrogen-bond acceptors (Lipinski definition) is 1. The van der Waals surface area contributed by atoms with Crippen molar-refractivity contribution in [1.29, 1.82) is 0 Å². The molecule has 0 amide bonds. The van der Waals surface area contributed by atoms with Crippen LogP contribution in [0.5, 0.6) is 11.5 Å². The average molecular weight is 293 g/mol. The van der Waals surface area contributed by atoms with E-state index in [1.165, 1.54) is 0 Å². The maximum Gasteiger partial charge on any atom is 0.133 e. The second-order valence-electron chi connectivity index (χ2n) is 5.12. The SMILES string of the molecule is ClC1(c2ccccc2)c2ccccc2Oc2ccccc21. The van der Waals surface area contributed by atoms with Gasteiger partial charge >= 0.3 is 0 Å². The molecule has 0 bridgehead atoms. The average Bonchev–Trinajstić information content (AvgIpc) is 2.56. The van der Waals surface area contributed by atoms with Crippen LogP contribution in [0.2, 0.25) is 0 Å². The molecular formula is C19H13ClO. The molecule has 0 saturated carbocycles. The Balaban J connectivity index is 2.06. The molecule has 3 aromatic rings. The highest BCUT2D eigenvalue weighted by atomic mass is 35.5. The van der Waals surface area contributed by atoms with Crippen molar-refractivity contribution >= 4 is 11.6 Å². The van der Waals surface area contributed by atoms with Crippen molar-refractivity contribution in [2.24, 2.45) is 0 Å². The molecule has 0 N–H and O–H groups in total. The summed E-state index contributed by atoms with van der Waals surface area (Å²) in [6.07, 6.45) is 0. The van der Waals surface area contributed by atoms with Gasteiger partial charge in [0, 0.05) is 11.1 Å². The van der Waals surface area contributed by atoms with Crippen LogP contribution in [0, 0.1) is 0 Å². The third-order valence-corrected chi connectivity index (χ3v) is 4.53. The fourth-order valence-corrected chi connectivity index (χ4v) is 3.36. The molecule has 4 rings (SSSR count). The first-order valence-electron chi connectivity index (χ1n) is 6.91. The zero-order chi connectivity index (χ0) is 14.3. The Morgan fingerprint density at radius 1 is 0.619 bits per heavy atom. The molecule has 0 aromatic heterocycles. The molecule has 21 heavy (non-hydrogen) atoms. The molecule has 3 aromatic carbocycles. The van der Waals surface area contributed by atoms with E-state index in [4.69, 9.17) is 16.3 Å². The topological polar surface area (TPSA) is 9.23 Å². The van der Waals surface area contributed by atoms with E-state index in [0.717, 1.165) is 28.2 Å². The molecule has 1 nitrogen and oxygen atoms in total. The molecule has 0 saturated heterocycles. The molecule has 102 valence electrons. The summed E-state index contributed by atoms with van der Waals surface area (Å²) >= 11 is 7.18. The summed E-state index contributed by atoms with van der Waals surface area (Å²) in [6.45, 7) is 0. The van der Waals surface area contributed by atoms with Crippen molar-refractivity contribution < 1.29 is 4.74 Å². The minimum Gasteiger partial charge on any atom is -0.457 e. The first-order chi connectivity index (χ1) is 10.3. The third-order valence-electron chi connectivity index (χ3n) is 3.91. The van der Waals surface area contributed by atoms with E-state index >= 15 is 0 Å². The van der Waals surface area contributed by atoms with E-state index in [-0.39, 0.29) is 0 Å². The molecule has 1 aliphatic rings. The number of ether oxygens (including phenoxy) is 1. The van der Waals surface area contributed by atoms with Gasteiger partial charge in [0.15, 0.2) is 0 Å². The van der Waals surface area contributed by atoms with Gasteiger partial charge < -0.3 is 4.74 Å². The minimum absolute atomic E-state index is 0.716. The number of alkyl halides is 1. The molecule has 0 radical (unpaired) electrons. The van der Waals surface area contributed by atoms with Crippen molar-refractivity contribution in [1.82, 2.24) is 0 Å². The highest BCUT2D eigenvalue weighted by molar-refractivity contribution is 6.28. The van der Waals surface area contributed by atoms with Gasteiger partial charge in [0.05, 0.1) is 0 Å². The number of benzene rings is 3. The van der Waals surface area contributed by atoms with Crippen molar-refractivity contribution in [3.05, 3.63) is 95.6 Å². The summed E-state index contributed by atoms with van der Waals surface area (Å²) in [5, 5.41) is 0. The monoisotopic (exact) mass is 292 g/mol. The van der Waals surface area contributed by atoms with Crippen LogP contribution in [-0.4, -0.2) is 0 Å². The Morgan fingerprint density at radius 2 is 1.10 bits per heavy atom. The zero-order valence-corrected chi connectivity index (χ0v) is 12.0. The van der Waals surface area contributed by atoms with Crippen LogP contribution in [0.15, 0.2) is 78.9 Å². The summed E-state index contributed by atoms with van der Waals surface area (Å²) in [7, 11) is 0. The Morgan fingerprint density at radius 3 is 1.67 bits per heavy atom. The van der Waals surface area contributed by atoms with E-state index in [1.807, 2.05) is 66.7 Å². The molecule has 0 unspecified atom stereocenters. The smallest absolute Gasteiger partial charge is 0.133 e. The van der Waals surface area contributed by atoms with Crippen molar-refractivity contribution in [2.45, 2.75) is 4.87 Å². The van der Waals surface area contributed by atoms with E-state index < -0.39 is 4.87 Å². The quantitative estimate of drug-likeness (QED) is 0.551.